The Morgan fingerprint density at radius 1 is 1.21 bits per heavy atom. The molecule has 0 spiro atoms. The molecular weight excluding hydrogens is 244 g/mol. The number of carbonyl (C=O) groups is 1. The van der Waals surface area contributed by atoms with E-state index in [1.165, 1.54) is 0 Å². The van der Waals surface area contributed by atoms with Gasteiger partial charge in [-0.2, -0.15) is 5.10 Å². The van der Waals surface area contributed by atoms with Crippen LogP contribution in [0.15, 0.2) is 35.4 Å². The van der Waals surface area contributed by atoms with Crippen molar-refractivity contribution in [3.8, 4) is 11.5 Å². The average molecular weight is 256 g/mol. The summed E-state index contributed by atoms with van der Waals surface area (Å²) in [5, 5.41) is 6.05. The van der Waals surface area contributed by atoms with Gasteiger partial charge < -0.3 is 9.47 Å². The molecule has 0 aliphatic carbocycles. The molecule has 0 saturated heterocycles. The van der Waals surface area contributed by atoms with Crippen LogP contribution in [0.2, 0.25) is 0 Å². The normalized spacial score (nSPS) is 13.6. The summed E-state index contributed by atoms with van der Waals surface area (Å²) in [6.45, 7) is 2.10. The van der Waals surface area contributed by atoms with Crippen LogP contribution in [0.1, 0.15) is 12.5 Å². The minimum absolute atomic E-state index is 0.266. The van der Waals surface area contributed by atoms with Gasteiger partial charge in [0.2, 0.25) is 13.2 Å². The van der Waals surface area contributed by atoms with E-state index in [4.69, 9.17) is 9.47 Å². The summed E-state index contributed by atoms with van der Waals surface area (Å²) < 4.78 is 10.7. The number of hydrogen-bond acceptors (Lipinski definition) is 4. The van der Waals surface area contributed by atoms with Crippen LogP contribution in [-0.4, -0.2) is 18.9 Å². The molecule has 1 N–H and O–H groups in total. The topological polar surface area (TPSA) is 59.9 Å². The highest BCUT2D eigenvalue weighted by Gasteiger charge is 2.14. The Kier molecular flexibility index (Phi) is 2.79. The standard InChI is InChI=1S/C14H12N2O3/c1-9(16-15-7-17)10-2-3-11-5-13-14(19-8-18-13)6-12(11)4-10/h2-7H,8H2,1H3,(H,15,17)/b16-9+. The van der Waals surface area contributed by atoms with Gasteiger partial charge in [-0.15, -0.1) is 0 Å². The van der Waals surface area contributed by atoms with E-state index in [1.807, 2.05) is 37.3 Å². The molecule has 1 heterocycles. The molecule has 5 nitrogen and oxygen atoms in total. The first-order chi connectivity index (χ1) is 9.28. The highest BCUT2D eigenvalue weighted by molar-refractivity contribution is 6.02. The van der Waals surface area contributed by atoms with Crippen LogP contribution >= 0.6 is 0 Å². The molecule has 1 amide bonds. The second-order valence-corrected chi connectivity index (χ2v) is 4.21. The van der Waals surface area contributed by atoms with Crippen LogP contribution in [0.25, 0.3) is 10.8 Å². The van der Waals surface area contributed by atoms with Gasteiger partial charge in [-0.05, 0) is 41.5 Å². The van der Waals surface area contributed by atoms with Crippen molar-refractivity contribution in [2.24, 2.45) is 5.10 Å². The maximum atomic E-state index is 10.2. The molecule has 96 valence electrons. The molecule has 0 radical (unpaired) electrons. The molecular formula is C14H12N2O3. The van der Waals surface area contributed by atoms with E-state index in [-0.39, 0.29) is 6.79 Å². The first kappa shape index (κ1) is 11.5. The van der Waals surface area contributed by atoms with Crippen molar-refractivity contribution in [3.63, 3.8) is 0 Å². The fraction of sp³-hybridized carbons (Fsp3) is 0.143. The van der Waals surface area contributed by atoms with Crippen molar-refractivity contribution in [2.45, 2.75) is 6.92 Å². The number of ether oxygens (including phenoxy) is 2. The Balaban J connectivity index is 2.05. The Morgan fingerprint density at radius 3 is 2.68 bits per heavy atom. The summed E-state index contributed by atoms with van der Waals surface area (Å²) in [5.74, 6) is 1.53. The zero-order valence-electron chi connectivity index (χ0n) is 10.3. The molecule has 19 heavy (non-hydrogen) atoms. The number of carbonyl (C=O) groups excluding carboxylic acids is 1. The summed E-state index contributed by atoms with van der Waals surface area (Å²) in [5.41, 5.74) is 3.99. The van der Waals surface area contributed by atoms with Gasteiger partial charge in [0, 0.05) is 0 Å². The summed E-state index contributed by atoms with van der Waals surface area (Å²) in [6, 6.07) is 9.85. The number of nitrogens with one attached hydrogen (secondary N) is 1. The SMILES string of the molecule is C/C(=N\NC=O)c1ccc2cc3c(cc2c1)OCO3. The van der Waals surface area contributed by atoms with Crippen molar-refractivity contribution in [1.82, 2.24) is 5.43 Å². The number of hydrogen-bond donors (Lipinski definition) is 1. The molecule has 3 rings (SSSR count). The summed E-state index contributed by atoms with van der Waals surface area (Å²) in [6.07, 6.45) is 0.544. The first-order valence-electron chi connectivity index (χ1n) is 5.85. The monoisotopic (exact) mass is 256 g/mol. The van der Waals surface area contributed by atoms with E-state index in [2.05, 4.69) is 10.5 Å². The molecule has 0 fully saturated rings. The van der Waals surface area contributed by atoms with E-state index < -0.39 is 0 Å². The lowest BCUT2D eigenvalue weighted by atomic mass is 10.0. The number of benzene rings is 2. The number of hydrazone groups is 1. The van der Waals surface area contributed by atoms with Crippen LogP contribution in [-0.2, 0) is 4.79 Å². The Labute approximate surface area is 109 Å². The van der Waals surface area contributed by atoms with E-state index >= 15 is 0 Å². The summed E-state index contributed by atoms with van der Waals surface area (Å²) in [4.78, 5) is 10.2. The van der Waals surface area contributed by atoms with Gasteiger partial charge in [-0.3, -0.25) is 4.79 Å². The Hall–Kier alpha value is -2.56. The van der Waals surface area contributed by atoms with Gasteiger partial charge in [0.1, 0.15) is 0 Å². The number of rotatable bonds is 3. The molecule has 0 bridgehead atoms. The van der Waals surface area contributed by atoms with Crippen LogP contribution in [0.3, 0.4) is 0 Å². The van der Waals surface area contributed by atoms with E-state index in [1.54, 1.807) is 0 Å². The lowest BCUT2D eigenvalue weighted by Gasteiger charge is -2.04. The van der Waals surface area contributed by atoms with Gasteiger partial charge in [-0.25, -0.2) is 5.43 Å². The molecule has 2 aromatic rings. The van der Waals surface area contributed by atoms with Gasteiger partial charge in [0.25, 0.3) is 0 Å². The predicted octanol–water partition coefficient (Wildman–Crippen LogP) is 2.04. The van der Waals surface area contributed by atoms with Gasteiger partial charge >= 0.3 is 0 Å². The Bertz CT molecular complexity index is 680. The predicted molar refractivity (Wildman–Crippen MR) is 71.5 cm³/mol. The second kappa shape index (κ2) is 4.61. The molecule has 0 aromatic heterocycles. The smallest absolute Gasteiger partial charge is 0.231 e. The third-order valence-electron chi connectivity index (χ3n) is 3.03. The molecule has 1 aliphatic heterocycles. The maximum absolute atomic E-state index is 10.2. The van der Waals surface area contributed by atoms with E-state index in [0.717, 1.165) is 33.5 Å². The molecule has 0 unspecified atom stereocenters. The Morgan fingerprint density at radius 2 is 1.95 bits per heavy atom. The molecule has 2 aromatic carbocycles. The molecule has 5 heteroatoms. The molecule has 1 aliphatic rings. The van der Waals surface area contributed by atoms with Crippen molar-refractivity contribution in [2.75, 3.05) is 6.79 Å². The lowest BCUT2D eigenvalue weighted by Crippen LogP contribution is -2.06. The fourth-order valence-corrected chi connectivity index (χ4v) is 2.05. The first-order valence-corrected chi connectivity index (χ1v) is 5.85. The van der Waals surface area contributed by atoms with Crippen molar-refractivity contribution in [3.05, 3.63) is 35.9 Å². The van der Waals surface area contributed by atoms with Gasteiger partial charge in [0.15, 0.2) is 11.5 Å². The zero-order chi connectivity index (χ0) is 13.2. The van der Waals surface area contributed by atoms with Crippen molar-refractivity contribution in [1.29, 1.82) is 0 Å². The summed E-state index contributed by atoms with van der Waals surface area (Å²) in [7, 11) is 0. The van der Waals surface area contributed by atoms with Crippen molar-refractivity contribution < 1.29 is 14.3 Å². The number of nitrogens with zero attached hydrogens (tertiary/aromatic N) is 1. The zero-order valence-corrected chi connectivity index (χ0v) is 10.3. The third kappa shape index (κ3) is 2.10. The number of fused-ring (bicyclic) bond motifs is 2. The van der Waals surface area contributed by atoms with Crippen molar-refractivity contribution >= 4 is 22.9 Å². The summed E-state index contributed by atoms with van der Waals surface area (Å²) >= 11 is 0. The fourth-order valence-electron chi connectivity index (χ4n) is 2.05. The van der Waals surface area contributed by atoms with Crippen LogP contribution in [0.5, 0.6) is 11.5 Å². The van der Waals surface area contributed by atoms with Crippen LogP contribution in [0, 0.1) is 0 Å². The van der Waals surface area contributed by atoms with Gasteiger partial charge in [0.05, 0.1) is 5.71 Å². The maximum Gasteiger partial charge on any atom is 0.231 e. The molecule has 0 atom stereocenters. The van der Waals surface area contributed by atoms with E-state index in [9.17, 15) is 4.79 Å². The highest BCUT2D eigenvalue weighted by atomic mass is 16.7. The van der Waals surface area contributed by atoms with Crippen LogP contribution in [0.4, 0.5) is 0 Å². The lowest BCUT2D eigenvalue weighted by molar-refractivity contribution is -0.109. The van der Waals surface area contributed by atoms with E-state index in [0.29, 0.717) is 6.41 Å². The number of amides is 1. The van der Waals surface area contributed by atoms with Gasteiger partial charge in [-0.1, -0.05) is 12.1 Å². The third-order valence-corrected chi connectivity index (χ3v) is 3.03. The van der Waals surface area contributed by atoms with Crippen LogP contribution < -0.4 is 14.9 Å². The average Bonchev–Trinajstić information content (AvgIpc) is 2.88. The second-order valence-electron chi connectivity index (χ2n) is 4.21. The minimum atomic E-state index is 0.266. The molecule has 0 saturated carbocycles. The highest BCUT2D eigenvalue weighted by Crippen LogP contribution is 2.36. The largest absolute Gasteiger partial charge is 0.454 e. The quantitative estimate of drug-likeness (QED) is 0.519. The minimum Gasteiger partial charge on any atom is -0.454 e.